The molecule has 0 bridgehead atoms. The van der Waals surface area contributed by atoms with E-state index in [1.165, 1.54) is 0 Å². The molecule has 0 amide bonds. The van der Waals surface area contributed by atoms with E-state index in [0.29, 0.717) is 6.42 Å². The molecule has 0 saturated carbocycles. The summed E-state index contributed by atoms with van der Waals surface area (Å²) < 4.78 is 0. The van der Waals surface area contributed by atoms with E-state index >= 15 is 0 Å². The summed E-state index contributed by atoms with van der Waals surface area (Å²) in [7, 11) is 0. The number of hydrogen-bond acceptors (Lipinski definition) is 2. The highest BCUT2D eigenvalue weighted by Gasteiger charge is 1.81. The maximum Gasteiger partial charge on any atom is 0.0622 e. The van der Waals surface area contributed by atoms with Crippen molar-refractivity contribution >= 4 is 0 Å². The first kappa shape index (κ1) is 7.45. The van der Waals surface area contributed by atoms with Gasteiger partial charge in [-0.15, -0.1) is 0 Å². The summed E-state index contributed by atoms with van der Waals surface area (Å²) >= 11 is 0. The smallest absolute Gasteiger partial charge is 0.0622 e. The van der Waals surface area contributed by atoms with Crippen molar-refractivity contribution in [2.45, 2.75) is 19.8 Å². The first-order valence-corrected chi connectivity index (χ1v) is 2.99. The highest BCUT2D eigenvalue weighted by molar-refractivity contribution is 4.68. The van der Waals surface area contributed by atoms with Crippen LogP contribution < -0.4 is 5.32 Å². The summed E-state index contributed by atoms with van der Waals surface area (Å²) in [5.74, 6) is 0. The van der Waals surface area contributed by atoms with E-state index in [-0.39, 0.29) is 0 Å². The van der Waals surface area contributed by atoms with E-state index in [1.54, 1.807) is 0 Å². The molecule has 0 heterocycles. The summed E-state index contributed by atoms with van der Waals surface area (Å²) in [6.07, 6.45) is 1.65. The highest BCUT2D eigenvalue weighted by atomic mass is 14.8. The third-order valence-corrected chi connectivity index (χ3v) is 0.892. The number of rotatable bonds is 4. The van der Waals surface area contributed by atoms with Crippen molar-refractivity contribution in [3.63, 3.8) is 0 Å². The van der Waals surface area contributed by atoms with Gasteiger partial charge in [0.2, 0.25) is 0 Å². The molecule has 0 radical (unpaired) electrons. The van der Waals surface area contributed by atoms with Crippen LogP contribution in [0.15, 0.2) is 0 Å². The second-order valence-corrected chi connectivity index (χ2v) is 1.62. The largest absolute Gasteiger partial charge is 0.317 e. The fourth-order valence-electron chi connectivity index (χ4n) is 0.469. The van der Waals surface area contributed by atoms with Crippen molar-refractivity contribution in [2.75, 3.05) is 13.1 Å². The molecular weight excluding hydrogens is 100 g/mol. The lowest BCUT2D eigenvalue weighted by molar-refractivity contribution is 0.682. The zero-order valence-electron chi connectivity index (χ0n) is 5.28. The molecule has 0 fully saturated rings. The van der Waals surface area contributed by atoms with Crippen LogP contribution in [-0.2, 0) is 0 Å². The van der Waals surface area contributed by atoms with Gasteiger partial charge in [-0.1, -0.05) is 6.92 Å². The Balaban J connectivity index is 2.65. The Labute approximate surface area is 50.5 Å². The standard InChI is InChI=1S/C6H12N2/c1-2-8-6-4-3-5-7/h8H,2-4,6H2,1H3. The molecule has 0 unspecified atom stereocenters. The quantitative estimate of drug-likeness (QED) is 0.548. The maximum atomic E-state index is 8.09. The van der Waals surface area contributed by atoms with E-state index in [2.05, 4.69) is 18.3 Å². The molecule has 0 aliphatic rings. The Hall–Kier alpha value is -0.550. The normalized spacial score (nSPS) is 8.50. The molecule has 0 aromatic rings. The van der Waals surface area contributed by atoms with Gasteiger partial charge in [0.05, 0.1) is 6.07 Å². The van der Waals surface area contributed by atoms with E-state index in [1.807, 2.05) is 0 Å². The Kier molecular flexibility index (Phi) is 6.01. The van der Waals surface area contributed by atoms with Crippen molar-refractivity contribution in [1.29, 1.82) is 5.26 Å². The molecular formula is C6H12N2. The Morgan fingerprint density at radius 1 is 1.62 bits per heavy atom. The van der Waals surface area contributed by atoms with Crippen LogP contribution in [0.3, 0.4) is 0 Å². The molecule has 0 atom stereocenters. The van der Waals surface area contributed by atoms with Crippen molar-refractivity contribution in [2.24, 2.45) is 0 Å². The molecule has 2 nitrogen and oxygen atoms in total. The molecule has 8 heavy (non-hydrogen) atoms. The second kappa shape index (κ2) is 6.45. The average molecular weight is 112 g/mol. The highest BCUT2D eigenvalue weighted by Crippen LogP contribution is 1.80. The van der Waals surface area contributed by atoms with Crippen LogP contribution in [-0.4, -0.2) is 13.1 Å². The molecule has 0 spiro atoms. The van der Waals surface area contributed by atoms with Crippen molar-refractivity contribution in [1.82, 2.24) is 5.32 Å². The van der Waals surface area contributed by atoms with Gasteiger partial charge in [-0.2, -0.15) is 5.26 Å². The summed E-state index contributed by atoms with van der Waals surface area (Å²) in [6.45, 7) is 4.04. The fraction of sp³-hybridized carbons (Fsp3) is 0.833. The van der Waals surface area contributed by atoms with Crippen LogP contribution in [0.2, 0.25) is 0 Å². The van der Waals surface area contributed by atoms with Crippen molar-refractivity contribution < 1.29 is 0 Å². The number of nitriles is 1. The Morgan fingerprint density at radius 2 is 2.38 bits per heavy atom. The Bertz CT molecular complexity index is 73.1. The van der Waals surface area contributed by atoms with Crippen LogP contribution in [0, 0.1) is 11.3 Å². The lowest BCUT2D eigenvalue weighted by atomic mass is 10.3. The number of nitrogens with zero attached hydrogens (tertiary/aromatic N) is 1. The van der Waals surface area contributed by atoms with Gasteiger partial charge in [-0.3, -0.25) is 0 Å². The van der Waals surface area contributed by atoms with Gasteiger partial charge in [-0.05, 0) is 19.5 Å². The average Bonchev–Trinajstić information content (AvgIpc) is 1.81. The van der Waals surface area contributed by atoms with Crippen molar-refractivity contribution in [3.05, 3.63) is 0 Å². The van der Waals surface area contributed by atoms with E-state index in [0.717, 1.165) is 19.5 Å². The molecule has 0 aromatic heterocycles. The molecule has 2 heteroatoms. The minimum absolute atomic E-state index is 0.674. The third kappa shape index (κ3) is 5.45. The molecule has 0 aliphatic heterocycles. The van der Waals surface area contributed by atoms with Crippen LogP contribution in [0.25, 0.3) is 0 Å². The van der Waals surface area contributed by atoms with E-state index < -0.39 is 0 Å². The molecule has 0 rings (SSSR count). The second-order valence-electron chi connectivity index (χ2n) is 1.62. The zero-order chi connectivity index (χ0) is 6.24. The summed E-state index contributed by atoms with van der Waals surface area (Å²) in [5.41, 5.74) is 0. The van der Waals surface area contributed by atoms with E-state index in [9.17, 15) is 0 Å². The van der Waals surface area contributed by atoms with Gasteiger partial charge in [0.15, 0.2) is 0 Å². The first-order valence-electron chi connectivity index (χ1n) is 2.99. The number of hydrogen-bond donors (Lipinski definition) is 1. The van der Waals surface area contributed by atoms with Crippen LogP contribution >= 0.6 is 0 Å². The molecule has 1 N–H and O–H groups in total. The lowest BCUT2D eigenvalue weighted by Crippen LogP contribution is -2.13. The fourth-order valence-corrected chi connectivity index (χ4v) is 0.469. The monoisotopic (exact) mass is 112 g/mol. The molecule has 0 aliphatic carbocycles. The van der Waals surface area contributed by atoms with Gasteiger partial charge in [0.25, 0.3) is 0 Å². The zero-order valence-corrected chi connectivity index (χ0v) is 5.28. The van der Waals surface area contributed by atoms with Gasteiger partial charge >= 0.3 is 0 Å². The predicted octanol–water partition coefficient (Wildman–Crippen LogP) is 0.900. The van der Waals surface area contributed by atoms with E-state index in [4.69, 9.17) is 5.26 Å². The number of nitrogens with one attached hydrogen (secondary N) is 1. The predicted molar refractivity (Wildman–Crippen MR) is 33.4 cm³/mol. The third-order valence-electron chi connectivity index (χ3n) is 0.892. The summed E-state index contributed by atoms with van der Waals surface area (Å²) in [6, 6.07) is 2.09. The number of unbranched alkanes of at least 4 members (excludes halogenated alkanes) is 1. The SMILES string of the molecule is CCNCCCC#N. The molecule has 0 saturated heterocycles. The van der Waals surface area contributed by atoms with Crippen LogP contribution in [0.1, 0.15) is 19.8 Å². The van der Waals surface area contributed by atoms with Crippen LogP contribution in [0.4, 0.5) is 0 Å². The first-order chi connectivity index (χ1) is 3.91. The topological polar surface area (TPSA) is 35.8 Å². The van der Waals surface area contributed by atoms with Gasteiger partial charge in [0.1, 0.15) is 0 Å². The summed E-state index contributed by atoms with van der Waals surface area (Å²) in [4.78, 5) is 0. The van der Waals surface area contributed by atoms with Crippen molar-refractivity contribution in [3.8, 4) is 6.07 Å². The summed E-state index contributed by atoms with van der Waals surface area (Å²) in [5, 5.41) is 11.2. The molecule has 0 aromatic carbocycles. The Morgan fingerprint density at radius 3 is 2.88 bits per heavy atom. The molecule has 46 valence electrons. The van der Waals surface area contributed by atoms with Crippen LogP contribution in [0.5, 0.6) is 0 Å². The maximum absolute atomic E-state index is 8.09. The van der Waals surface area contributed by atoms with Gasteiger partial charge in [0, 0.05) is 6.42 Å². The minimum atomic E-state index is 0.674. The minimum Gasteiger partial charge on any atom is -0.317 e. The lowest BCUT2D eigenvalue weighted by Gasteiger charge is -1.94. The van der Waals surface area contributed by atoms with Gasteiger partial charge in [-0.25, -0.2) is 0 Å². The van der Waals surface area contributed by atoms with Gasteiger partial charge < -0.3 is 5.32 Å².